The molecule has 11 heteroatoms. The number of halogens is 1. The number of aliphatic imine (C=N–C) groups is 1. The van der Waals surface area contributed by atoms with E-state index in [4.69, 9.17) is 15.5 Å². The molecule has 0 saturated heterocycles. The third kappa shape index (κ3) is 5.42. The fourth-order valence-electron chi connectivity index (χ4n) is 4.73. The van der Waals surface area contributed by atoms with Gasteiger partial charge in [0.05, 0.1) is 5.54 Å². The van der Waals surface area contributed by atoms with Crippen molar-refractivity contribution in [2.45, 2.75) is 76.3 Å². The topological polar surface area (TPSA) is 117 Å². The molecule has 0 aromatic heterocycles. The van der Waals surface area contributed by atoms with Crippen LogP contribution in [0.1, 0.15) is 39.7 Å². The largest absolute Gasteiger partial charge is 0.465 e. The first kappa shape index (κ1) is 28.5. The molecular formula is C25H39FN4O4SSi. The zero-order chi connectivity index (χ0) is 27.3. The molecule has 0 radical (unpaired) electrons. The van der Waals surface area contributed by atoms with E-state index in [2.05, 4.69) is 25.0 Å². The summed E-state index contributed by atoms with van der Waals surface area (Å²) >= 11 is 1.13. The van der Waals surface area contributed by atoms with Gasteiger partial charge in [0.25, 0.3) is 0 Å². The highest BCUT2D eigenvalue weighted by atomic mass is 32.2. The summed E-state index contributed by atoms with van der Waals surface area (Å²) in [5, 5.41) is 13.2. The van der Waals surface area contributed by atoms with Gasteiger partial charge in [0.1, 0.15) is 16.8 Å². The van der Waals surface area contributed by atoms with Crippen molar-refractivity contribution in [3.05, 3.63) is 29.6 Å². The van der Waals surface area contributed by atoms with Crippen molar-refractivity contribution in [3.8, 4) is 0 Å². The fraction of sp³-hybridized carbons (Fsp3) is 0.640. The Hall–Kier alpha value is -2.11. The number of hydrogen-bond acceptors (Lipinski definition) is 6. The van der Waals surface area contributed by atoms with E-state index >= 15 is 4.39 Å². The standard InChI is InChI=1S/C25H39FN4O4SSi/c1-23(2,3)20(34-11-12-36(6,7)8)30(22(32)33)21-29-24(4,16-13-15(27)9-10-17(16)26)18-14-25(18,35-21)19(31)28-5/h9-10,13,18,20H,11-12,14,27H2,1-8H3,(H,28,31)(H,32,33)/t18-,20?,24+,25-/m0/s1. The molecule has 8 nitrogen and oxygen atoms in total. The highest BCUT2D eigenvalue weighted by Gasteiger charge is 2.71. The van der Waals surface area contributed by atoms with E-state index in [9.17, 15) is 14.7 Å². The van der Waals surface area contributed by atoms with Gasteiger partial charge in [-0.25, -0.2) is 14.1 Å². The molecule has 2 amide bonds. The van der Waals surface area contributed by atoms with Crippen LogP contribution < -0.4 is 11.1 Å². The summed E-state index contributed by atoms with van der Waals surface area (Å²) in [7, 11) is 0.112. The van der Waals surface area contributed by atoms with E-state index in [0.717, 1.165) is 22.7 Å². The molecule has 1 aromatic rings. The molecule has 1 saturated carbocycles. The molecular weight excluding hydrogens is 499 g/mol. The number of nitrogens with one attached hydrogen (secondary N) is 1. The van der Waals surface area contributed by atoms with E-state index < -0.39 is 41.9 Å². The molecule has 4 atom stereocenters. The van der Waals surface area contributed by atoms with Gasteiger partial charge in [-0.3, -0.25) is 9.79 Å². The second-order valence-electron chi connectivity index (χ2n) is 12.2. The predicted molar refractivity (Wildman–Crippen MR) is 145 cm³/mol. The lowest BCUT2D eigenvalue weighted by Gasteiger charge is -2.42. The van der Waals surface area contributed by atoms with Crippen molar-refractivity contribution in [2.75, 3.05) is 19.4 Å². The smallest absolute Gasteiger partial charge is 0.415 e. The zero-order valence-electron chi connectivity index (χ0n) is 22.4. The second kappa shape index (κ2) is 9.64. The van der Waals surface area contributed by atoms with Crippen LogP contribution in [0.5, 0.6) is 0 Å². The SMILES string of the molecule is CNC(=O)[C@]12C[C@H]1[C@@](C)(c1cc(N)ccc1F)N=C(N(C(=O)O)C(OCC[Si](C)(C)C)C(C)(C)C)S2. The molecule has 36 heavy (non-hydrogen) atoms. The first-order valence-electron chi connectivity index (χ1n) is 12.2. The van der Waals surface area contributed by atoms with Crippen LogP contribution in [-0.4, -0.2) is 59.9 Å². The molecule has 1 heterocycles. The minimum absolute atomic E-state index is 0.122. The van der Waals surface area contributed by atoms with Gasteiger partial charge >= 0.3 is 6.09 Å². The van der Waals surface area contributed by atoms with Crippen molar-refractivity contribution in [2.24, 2.45) is 16.3 Å². The van der Waals surface area contributed by atoms with E-state index in [-0.39, 0.29) is 22.6 Å². The van der Waals surface area contributed by atoms with Gasteiger partial charge in [-0.2, -0.15) is 0 Å². The lowest BCUT2D eigenvalue weighted by Crippen LogP contribution is -2.54. The summed E-state index contributed by atoms with van der Waals surface area (Å²) in [5.74, 6) is -1.07. The molecule has 3 rings (SSSR count). The van der Waals surface area contributed by atoms with E-state index in [1.54, 1.807) is 14.0 Å². The number of nitrogens with two attached hydrogens (primary N) is 1. The summed E-state index contributed by atoms with van der Waals surface area (Å²) in [6, 6.07) is 5.14. The number of amides is 2. The Labute approximate surface area is 218 Å². The molecule has 0 spiro atoms. The van der Waals surface area contributed by atoms with Gasteiger partial charge in [-0.15, -0.1) is 0 Å². The van der Waals surface area contributed by atoms with Crippen LogP contribution in [0.3, 0.4) is 0 Å². The number of carboxylic acid groups (broad SMARTS) is 1. The Balaban J connectivity index is 2.14. The third-order valence-electron chi connectivity index (χ3n) is 6.85. The van der Waals surface area contributed by atoms with Crippen molar-refractivity contribution >= 4 is 42.7 Å². The molecule has 1 fully saturated rings. The normalized spacial score (nSPS) is 26.5. The summed E-state index contributed by atoms with van der Waals surface area (Å²) < 4.78 is 20.4. The summed E-state index contributed by atoms with van der Waals surface area (Å²) in [4.78, 5) is 31.8. The molecule has 1 unspecified atom stereocenters. The van der Waals surface area contributed by atoms with E-state index in [1.807, 2.05) is 20.8 Å². The fourth-order valence-corrected chi connectivity index (χ4v) is 7.11. The first-order valence-corrected chi connectivity index (χ1v) is 16.7. The highest BCUT2D eigenvalue weighted by Crippen LogP contribution is 2.67. The van der Waals surface area contributed by atoms with Crippen LogP contribution in [-0.2, 0) is 15.1 Å². The van der Waals surface area contributed by atoms with Gasteiger partial charge in [-0.1, -0.05) is 52.2 Å². The Morgan fingerprint density at radius 3 is 2.56 bits per heavy atom. The Morgan fingerprint density at radius 2 is 2.03 bits per heavy atom. The monoisotopic (exact) mass is 538 g/mol. The predicted octanol–water partition coefficient (Wildman–Crippen LogP) is 4.94. The summed E-state index contributed by atoms with van der Waals surface area (Å²) in [6.45, 7) is 14.5. The number of benzene rings is 1. The summed E-state index contributed by atoms with van der Waals surface area (Å²) in [5.41, 5.74) is 4.81. The number of hydrogen-bond donors (Lipinski definition) is 3. The lowest BCUT2D eigenvalue weighted by atomic mass is 9.85. The maximum Gasteiger partial charge on any atom is 0.415 e. The van der Waals surface area contributed by atoms with Gasteiger partial charge < -0.3 is 20.9 Å². The number of fused-ring (bicyclic) bond motifs is 1. The molecule has 1 aliphatic carbocycles. The Morgan fingerprint density at radius 1 is 1.39 bits per heavy atom. The minimum atomic E-state index is -1.43. The lowest BCUT2D eigenvalue weighted by molar-refractivity contribution is -0.121. The molecule has 200 valence electrons. The van der Waals surface area contributed by atoms with Crippen LogP contribution in [0.25, 0.3) is 0 Å². The number of carbonyl (C=O) groups is 2. The average molecular weight is 539 g/mol. The first-order chi connectivity index (χ1) is 16.5. The molecule has 2 aliphatic rings. The van der Waals surface area contributed by atoms with Crippen LogP contribution in [0.2, 0.25) is 25.7 Å². The van der Waals surface area contributed by atoms with Crippen molar-refractivity contribution < 1.29 is 23.8 Å². The zero-order valence-corrected chi connectivity index (χ0v) is 24.3. The Bertz CT molecular complexity index is 1070. The van der Waals surface area contributed by atoms with Gasteiger partial charge in [0.2, 0.25) is 5.91 Å². The molecule has 4 N–H and O–H groups in total. The maximum atomic E-state index is 15.1. The number of anilines is 1. The Kier molecular flexibility index (Phi) is 7.62. The van der Waals surface area contributed by atoms with Crippen molar-refractivity contribution in [1.82, 2.24) is 10.2 Å². The van der Waals surface area contributed by atoms with Crippen LogP contribution in [0.4, 0.5) is 14.9 Å². The maximum absolute atomic E-state index is 15.1. The van der Waals surface area contributed by atoms with E-state index in [0.29, 0.717) is 18.7 Å². The minimum Gasteiger partial charge on any atom is -0.465 e. The molecule has 1 aromatic carbocycles. The van der Waals surface area contributed by atoms with Gasteiger partial charge in [0, 0.05) is 44.3 Å². The molecule has 1 aliphatic heterocycles. The summed E-state index contributed by atoms with van der Waals surface area (Å²) in [6.07, 6.45) is -1.67. The van der Waals surface area contributed by atoms with Crippen LogP contribution in [0.15, 0.2) is 23.2 Å². The van der Waals surface area contributed by atoms with Crippen LogP contribution >= 0.6 is 11.8 Å². The number of nitrogens with zero attached hydrogens (tertiary/aromatic N) is 2. The number of carbonyl (C=O) groups excluding carboxylic acids is 1. The number of amidine groups is 1. The van der Waals surface area contributed by atoms with Crippen LogP contribution in [0, 0.1) is 17.2 Å². The third-order valence-corrected chi connectivity index (χ3v) is 10.0. The second-order valence-corrected chi connectivity index (χ2v) is 19.1. The van der Waals surface area contributed by atoms with Crippen molar-refractivity contribution in [1.29, 1.82) is 0 Å². The van der Waals surface area contributed by atoms with E-state index in [1.165, 1.54) is 18.2 Å². The van der Waals surface area contributed by atoms with Crippen molar-refractivity contribution in [3.63, 3.8) is 0 Å². The number of rotatable bonds is 7. The van der Waals surface area contributed by atoms with Gasteiger partial charge in [0.15, 0.2) is 5.17 Å². The molecule has 0 bridgehead atoms. The van der Waals surface area contributed by atoms with Gasteiger partial charge in [-0.05, 0) is 37.6 Å². The highest BCUT2D eigenvalue weighted by molar-refractivity contribution is 8.16. The average Bonchev–Trinajstić information content (AvgIpc) is 3.49. The number of thioether (sulfide) groups is 1. The quantitative estimate of drug-likeness (QED) is 0.257. The number of nitrogen functional groups attached to an aromatic ring is 1. The number of ether oxygens (including phenoxy) is 1.